The van der Waals surface area contributed by atoms with Crippen LogP contribution in [0.25, 0.3) is 0 Å². The molecule has 132 valence electrons. The van der Waals surface area contributed by atoms with Gasteiger partial charge in [0.2, 0.25) is 0 Å². The number of carbonyl (C=O) groups excluding carboxylic acids is 1. The van der Waals surface area contributed by atoms with Crippen molar-refractivity contribution in [1.82, 2.24) is 4.57 Å². The summed E-state index contributed by atoms with van der Waals surface area (Å²) in [6.45, 7) is 3.56. The van der Waals surface area contributed by atoms with Crippen molar-refractivity contribution in [3.63, 3.8) is 0 Å². The minimum atomic E-state index is -0.644. The van der Waals surface area contributed by atoms with E-state index in [4.69, 9.17) is 4.74 Å². The second-order valence-electron chi connectivity index (χ2n) is 5.73. The predicted octanol–water partition coefficient (Wildman–Crippen LogP) is 5.41. The van der Waals surface area contributed by atoms with Crippen LogP contribution in [0.2, 0.25) is 0 Å². The van der Waals surface area contributed by atoms with Crippen molar-refractivity contribution in [3.8, 4) is 11.5 Å². The number of benzene rings is 2. The molecule has 0 unspecified atom stereocenters. The molecular formula is C19H16FN3O3. The lowest BCUT2D eigenvalue weighted by Gasteiger charge is -2.04. The standard InChI is InChI=1S/C19H16FN3O3/c1-12-9-16(10-13(2)18(12)24)22-21-15-7-8-23(11-15)19(25)26-17-5-3-14(20)4-6-17/h3-11,24H,1-2H3. The zero-order valence-corrected chi connectivity index (χ0v) is 14.2. The van der Waals surface area contributed by atoms with Crippen LogP contribution in [0.1, 0.15) is 11.1 Å². The fourth-order valence-corrected chi connectivity index (χ4v) is 2.32. The van der Waals surface area contributed by atoms with E-state index in [0.29, 0.717) is 22.5 Å². The van der Waals surface area contributed by atoms with Gasteiger partial charge in [0.05, 0.1) is 5.69 Å². The van der Waals surface area contributed by atoms with Crippen LogP contribution in [0.15, 0.2) is 65.1 Å². The number of halogens is 1. The Morgan fingerprint density at radius 3 is 2.31 bits per heavy atom. The van der Waals surface area contributed by atoms with Crippen LogP contribution in [0.5, 0.6) is 11.5 Å². The normalized spacial score (nSPS) is 11.0. The number of aryl methyl sites for hydroxylation is 2. The number of hydrogen-bond donors (Lipinski definition) is 1. The van der Waals surface area contributed by atoms with Gasteiger partial charge in [0.1, 0.15) is 23.0 Å². The Labute approximate surface area is 149 Å². The second kappa shape index (κ2) is 7.18. The average Bonchev–Trinajstić information content (AvgIpc) is 3.09. The maximum atomic E-state index is 12.9. The van der Waals surface area contributed by atoms with Gasteiger partial charge >= 0.3 is 6.09 Å². The van der Waals surface area contributed by atoms with Gasteiger partial charge in [-0.1, -0.05) is 0 Å². The van der Waals surface area contributed by atoms with Crippen molar-refractivity contribution in [2.75, 3.05) is 0 Å². The second-order valence-corrected chi connectivity index (χ2v) is 5.73. The van der Waals surface area contributed by atoms with Crippen LogP contribution >= 0.6 is 0 Å². The molecule has 2 aromatic carbocycles. The van der Waals surface area contributed by atoms with E-state index in [0.717, 1.165) is 0 Å². The molecule has 1 aromatic heterocycles. The number of rotatable bonds is 3. The zero-order chi connectivity index (χ0) is 18.7. The highest BCUT2D eigenvalue weighted by molar-refractivity contribution is 5.74. The molecular weight excluding hydrogens is 337 g/mol. The van der Waals surface area contributed by atoms with Crippen molar-refractivity contribution in [2.45, 2.75) is 13.8 Å². The maximum Gasteiger partial charge on any atom is 0.423 e. The third kappa shape index (κ3) is 3.94. The monoisotopic (exact) mass is 353 g/mol. The summed E-state index contributed by atoms with van der Waals surface area (Å²) < 4.78 is 19.2. The molecule has 6 nitrogen and oxygen atoms in total. The minimum absolute atomic E-state index is 0.235. The summed E-state index contributed by atoms with van der Waals surface area (Å²) in [6.07, 6.45) is 2.32. The van der Waals surface area contributed by atoms with Crippen molar-refractivity contribution >= 4 is 17.5 Å². The summed E-state index contributed by atoms with van der Waals surface area (Å²) in [6, 6.07) is 10.2. The molecule has 1 heterocycles. The summed E-state index contributed by atoms with van der Waals surface area (Å²) in [4.78, 5) is 12.1. The molecule has 0 amide bonds. The molecule has 0 fully saturated rings. The quantitative estimate of drug-likeness (QED) is 0.639. The van der Waals surface area contributed by atoms with Crippen LogP contribution in [0.4, 0.5) is 20.6 Å². The molecule has 0 aliphatic heterocycles. The van der Waals surface area contributed by atoms with Crippen molar-refractivity contribution in [2.24, 2.45) is 10.2 Å². The van der Waals surface area contributed by atoms with Crippen LogP contribution in [0, 0.1) is 19.7 Å². The fourth-order valence-electron chi connectivity index (χ4n) is 2.32. The summed E-state index contributed by atoms with van der Waals surface area (Å²) in [5, 5.41) is 18.0. The predicted molar refractivity (Wildman–Crippen MR) is 94.0 cm³/mol. The van der Waals surface area contributed by atoms with Crippen molar-refractivity contribution < 1.29 is 19.0 Å². The van der Waals surface area contributed by atoms with E-state index >= 15 is 0 Å². The summed E-state index contributed by atoms with van der Waals surface area (Å²) in [5.41, 5.74) is 2.47. The van der Waals surface area contributed by atoms with Gasteiger partial charge in [-0.3, -0.25) is 4.57 Å². The van der Waals surface area contributed by atoms with Gasteiger partial charge < -0.3 is 9.84 Å². The fraction of sp³-hybridized carbons (Fsp3) is 0.105. The molecule has 3 rings (SSSR count). The summed E-state index contributed by atoms with van der Waals surface area (Å²) in [5.74, 6) is 0.0649. The van der Waals surface area contributed by atoms with Crippen molar-refractivity contribution in [1.29, 1.82) is 0 Å². The first kappa shape index (κ1) is 17.3. The smallest absolute Gasteiger partial charge is 0.423 e. The van der Waals surface area contributed by atoms with E-state index in [9.17, 15) is 14.3 Å². The van der Waals surface area contributed by atoms with Crippen LogP contribution in [0.3, 0.4) is 0 Å². The lowest BCUT2D eigenvalue weighted by Crippen LogP contribution is -2.14. The highest BCUT2D eigenvalue weighted by atomic mass is 19.1. The van der Waals surface area contributed by atoms with E-state index in [2.05, 4.69) is 10.2 Å². The van der Waals surface area contributed by atoms with Gasteiger partial charge in [-0.05, 0) is 67.4 Å². The molecule has 0 saturated carbocycles. The molecule has 0 aliphatic rings. The number of aromatic hydroxyl groups is 1. The van der Waals surface area contributed by atoms with Gasteiger partial charge in [-0.15, -0.1) is 5.11 Å². The number of nitrogens with zero attached hydrogens (tertiary/aromatic N) is 3. The van der Waals surface area contributed by atoms with Crippen LogP contribution in [-0.2, 0) is 0 Å². The van der Waals surface area contributed by atoms with Crippen molar-refractivity contribution in [3.05, 3.63) is 71.8 Å². The zero-order valence-electron chi connectivity index (χ0n) is 14.2. The largest absolute Gasteiger partial charge is 0.507 e. The molecule has 0 radical (unpaired) electrons. The molecule has 26 heavy (non-hydrogen) atoms. The Hall–Kier alpha value is -3.48. The highest BCUT2D eigenvalue weighted by Crippen LogP contribution is 2.28. The molecule has 7 heteroatoms. The third-order valence-corrected chi connectivity index (χ3v) is 3.66. The van der Waals surface area contributed by atoms with Gasteiger partial charge in [-0.2, -0.15) is 5.11 Å². The molecule has 3 aromatic rings. The number of azo groups is 1. The highest BCUT2D eigenvalue weighted by Gasteiger charge is 2.09. The lowest BCUT2D eigenvalue weighted by molar-refractivity contribution is 0.202. The average molecular weight is 353 g/mol. The first-order chi connectivity index (χ1) is 12.4. The molecule has 1 N–H and O–H groups in total. The summed E-state index contributed by atoms with van der Waals surface area (Å²) in [7, 11) is 0. The van der Waals surface area contributed by atoms with E-state index in [1.165, 1.54) is 41.2 Å². The molecule has 0 atom stereocenters. The Morgan fingerprint density at radius 1 is 1.04 bits per heavy atom. The Balaban J connectivity index is 1.71. The Bertz CT molecular complexity index is 955. The Kier molecular flexibility index (Phi) is 4.79. The minimum Gasteiger partial charge on any atom is -0.507 e. The van der Waals surface area contributed by atoms with Gasteiger partial charge in [-0.25, -0.2) is 9.18 Å². The molecule has 0 aliphatic carbocycles. The molecule has 0 bridgehead atoms. The Morgan fingerprint density at radius 2 is 1.65 bits per heavy atom. The summed E-state index contributed by atoms with van der Waals surface area (Å²) >= 11 is 0. The first-order valence-electron chi connectivity index (χ1n) is 7.80. The lowest BCUT2D eigenvalue weighted by atomic mass is 10.1. The van der Waals surface area contributed by atoms with E-state index in [-0.39, 0.29) is 11.5 Å². The number of hydrogen-bond acceptors (Lipinski definition) is 5. The number of phenols is 1. The van der Waals surface area contributed by atoms with Crippen LogP contribution in [-0.4, -0.2) is 15.8 Å². The number of phenolic OH excluding ortho intramolecular Hbond substituents is 1. The van der Waals surface area contributed by atoms with Gasteiger partial charge in [0, 0.05) is 12.4 Å². The van der Waals surface area contributed by atoms with E-state index in [1.807, 2.05) is 0 Å². The number of ether oxygens (including phenoxy) is 1. The number of carbonyl (C=O) groups is 1. The molecule has 0 spiro atoms. The van der Waals surface area contributed by atoms with E-state index in [1.54, 1.807) is 32.0 Å². The molecule has 0 saturated heterocycles. The third-order valence-electron chi connectivity index (χ3n) is 3.66. The SMILES string of the molecule is Cc1cc(N=Nc2ccn(C(=O)Oc3ccc(F)cc3)c2)cc(C)c1O. The topological polar surface area (TPSA) is 76.2 Å². The van der Waals surface area contributed by atoms with Gasteiger partial charge in [0.25, 0.3) is 0 Å². The maximum absolute atomic E-state index is 12.9. The van der Waals surface area contributed by atoms with Gasteiger partial charge in [0.15, 0.2) is 0 Å². The van der Waals surface area contributed by atoms with E-state index < -0.39 is 11.9 Å². The van der Waals surface area contributed by atoms with Crippen LogP contribution < -0.4 is 4.74 Å². The number of aromatic nitrogens is 1. The first-order valence-corrected chi connectivity index (χ1v) is 7.80.